The van der Waals surface area contributed by atoms with E-state index in [1.54, 1.807) is 45.9 Å². The molecule has 1 aromatic carbocycles. The third-order valence-electron chi connectivity index (χ3n) is 1.19. The summed E-state index contributed by atoms with van der Waals surface area (Å²) in [7, 11) is 0. The minimum Gasteiger partial charge on any atom is -0.478 e. The van der Waals surface area contributed by atoms with Gasteiger partial charge in [-0.2, -0.15) is 0 Å². The SMILES string of the molecule is CC(C)O.CC(C)O.Nc1ccccc1C(=O)O. The summed E-state index contributed by atoms with van der Waals surface area (Å²) in [5, 5.41) is 24.6. The van der Waals surface area contributed by atoms with E-state index in [1.165, 1.54) is 6.07 Å². The number of anilines is 1. The van der Waals surface area contributed by atoms with Gasteiger partial charge in [0.15, 0.2) is 0 Å². The van der Waals surface area contributed by atoms with Crippen LogP contribution >= 0.6 is 0 Å². The van der Waals surface area contributed by atoms with Crippen molar-refractivity contribution in [2.24, 2.45) is 0 Å². The Kier molecular flexibility index (Phi) is 11.0. The molecule has 0 bridgehead atoms. The van der Waals surface area contributed by atoms with Gasteiger partial charge in [0.05, 0.1) is 5.56 Å². The molecule has 0 aliphatic rings. The van der Waals surface area contributed by atoms with Crippen molar-refractivity contribution in [3.05, 3.63) is 29.8 Å². The number of hydrogen-bond acceptors (Lipinski definition) is 4. The topological polar surface area (TPSA) is 104 Å². The van der Waals surface area contributed by atoms with Gasteiger partial charge in [0.1, 0.15) is 0 Å². The van der Waals surface area contributed by atoms with E-state index in [0.717, 1.165) is 0 Å². The zero-order chi connectivity index (χ0) is 14.7. The molecule has 5 N–H and O–H groups in total. The van der Waals surface area contributed by atoms with E-state index >= 15 is 0 Å². The molecule has 18 heavy (non-hydrogen) atoms. The van der Waals surface area contributed by atoms with Crippen molar-refractivity contribution >= 4 is 11.7 Å². The lowest BCUT2D eigenvalue weighted by atomic mass is 10.2. The normalized spacial score (nSPS) is 9.11. The quantitative estimate of drug-likeness (QED) is 0.574. The zero-order valence-corrected chi connectivity index (χ0v) is 11.3. The molecule has 0 radical (unpaired) electrons. The molecular weight excluding hydrogens is 234 g/mol. The first-order valence-electron chi connectivity index (χ1n) is 5.62. The number of carbonyl (C=O) groups is 1. The lowest BCUT2D eigenvalue weighted by molar-refractivity contribution is 0.0698. The molecule has 0 spiro atoms. The molecule has 0 amide bonds. The van der Waals surface area contributed by atoms with E-state index in [4.69, 9.17) is 21.1 Å². The number of rotatable bonds is 1. The molecule has 0 unspecified atom stereocenters. The summed E-state index contributed by atoms with van der Waals surface area (Å²) in [5.41, 5.74) is 5.80. The molecule has 0 aliphatic heterocycles. The Balaban J connectivity index is 0. The van der Waals surface area contributed by atoms with Crippen molar-refractivity contribution in [2.75, 3.05) is 5.73 Å². The van der Waals surface area contributed by atoms with E-state index in [-0.39, 0.29) is 17.8 Å². The Labute approximate surface area is 108 Å². The molecule has 1 aromatic rings. The summed E-state index contributed by atoms with van der Waals surface area (Å²) >= 11 is 0. The Bertz CT molecular complexity index is 326. The van der Waals surface area contributed by atoms with Crippen LogP contribution in [0.1, 0.15) is 38.1 Å². The monoisotopic (exact) mass is 257 g/mol. The fraction of sp³-hybridized carbons (Fsp3) is 0.462. The summed E-state index contributed by atoms with van der Waals surface area (Å²) in [4.78, 5) is 10.3. The number of aromatic carboxylic acids is 1. The van der Waals surface area contributed by atoms with Crippen molar-refractivity contribution in [2.45, 2.75) is 39.9 Å². The smallest absolute Gasteiger partial charge is 0.337 e. The van der Waals surface area contributed by atoms with Gasteiger partial charge in [0.2, 0.25) is 0 Å². The van der Waals surface area contributed by atoms with E-state index in [1.807, 2.05) is 0 Å². The second-order valence-corrected chi connectivity index (χ2v) is 4.08. The van der Waals surface area contributed by atoms with Gasteiger partial charge in [-0.05, 0) is 39.8 Å². The predicted molar refractivity (Wildman–Crippen MR) is 72.5 cm³/mol. The van der Waals surface area contributed by atoms with Gasteiger partial charge >= 0.3 is 5.97 Å². The maximum atomic E-state index is 10.3. The van der Waals surface area contributed by atoms with Crippen LogP contribution in [0.4, 0.5) is 5.69 Å². The van der Waals surface area contributed by atoms with Crippen LogP contribution in [0.25, 0.3) is 0 Å². The molecular formula is C13H23NO4. The van der Waals surface area contributed by atoms with Crippen molar-refractivity contribution in [1.82, 2.24) is 0 Å². The van der Waals surface area contributed by atoms with Gasteiger partial charge in [-0.1, -0.05) is 12.1 Å². The average molecular weight is 257 g/mol. The molecule has 104 valence electrons. The van der Waals surface area contributed by atoms with Gasteiger partial charge in [0.25, 0.3) is 0 Å². The van der Waals surface area contributed by atoms with Crippen molar-refractivity contribution in [3.63, 3.8) is 0 Å². The first-order chi connectivity index (χ1) is 8.18. The van der Waals surface area contributed by atoms with Crippen LogP contribution in [-0.2, 0) is 0 Å². The standard InChI is InChI=1S/C7H7NO2.2C3H8O/c8-6-4-2-1-3-5(6)7(9)10;2*1-3(2)4/h1-4H,8H2,(H,9,10);2*3-4H,1-2H3. The number of aliphatic hydroxyl groups is 2. The molecule has 1 rings (SSSR count). The number of nitrogens with two attached hydrogens (primary N) is 1. The average Bonchev–Trinajstić information content (AvgIpc) is 2.15. The van der Waals surface area contributed by atoms with Crippen molar-refractivity contribution in [3.8, 4) is 0 Å². The summed E-state index contributed by atoms with van der Waals surface area (Å²) < 4.78 is 0. The highest BCUT2D eigenvalue weighted by Gasteiger charge is 2.03. The number of hydrogen-bond donors (Lipinski definition) is 4. The van der Waals surface area contributed by atoms with Gasteiger partial charge in [-0.15, -0.1) is 0 Å². The maximum Gasteiger partial charge on any atom is 0.337 e. The lowest BCUT2D eigenvalue weighted by Gasteiger charge is -1.96. The second-order valence-electron chi connectivity index (χ2n) is 4.08. The van der Waals surface area contributed by atoms with E-state index in [2.05, 4.69) is 0 Å². The molecule has 0 fully saturated rings. The zero-order valence-electron chi connectivity index (χ0n) is 11.3. The third kappa shape index (κ3) is 14.4. The molecule has 5 heteroatoms. The molecule has 0 atom stereocenters. The number of aliphatic hydroxyl groups excluding tert-OH is 2. The van der Waals surface area contributed by atoms with Crippen molar-refractivity contribution in [1.29, 1.82) is 0 Å². The Morgan fingerprint density at radius 2 is 1.39 bits per heavy atom. The van der Waals surface area contributed by atoms with Crippen LogP contribution in [0.2, 0.25) is 0 Å². The Morgan fingerprint density at radius 1 is 1.06 bits per heavy atom. The molecule has 0 aromatic heterocycles. The first-order valence-corrected chi connectivity index (χ1v) is 5.62. The largest absolute Gasteiger partial charge is 0.478 e. The van der Waals surface area contributed by atoms with Gasteiger partial charge in [-0.25, -0.2) is 4.79 Å². The van der Waals surface area contributed by atoms with Crippen LogP contribution in [0, 0.1) is 0 Å². The summed E-state index contributed by atoms with van der Waals surface area (Å²) in [6, 6.07) is 6.36. The van der Waals surface area contributed by atoms with Crippen molar-refractivity contribution < 1.29 is 20.1 Å². The van der Waals surface area contributed by atoms with Crippen LogP contribution in [0.5, 0.6) is 0 Å². The maximum absolute atomic E-state index is 10.3. The van der Waals surface area contributed by atoms with E-state index in [9.17, 15) is 4.79 Å². The van der Waals surface area contributed by atoms with Crippen LogP contribution < -0.4 is 5.73 Å². The summed E-state index contributed by atoms with van der Waals surface area (Å²) in [6.45, 7) is 6.89. The third-order valence-corrected chi connectivity index (χ3v) is 1.19. The summed E-state index contributed by atoms with van der Waals surface area (Å²) in [5.74, 6) is -0.988. The Morgan fingerprint density at radius 3 is 1.61 bits per heavy atom. The van der Waals surface area contributed by atoms with Gasteiger partial charge < -0.3 is 21.1 Å². The highest BCUT2D eigenvalue weighted by atomic mass is 16.4. The molecule has 0 saturated heterocycles. The molecule has 0 heterocycles. The first kappa shape index (κ1) is 18.8. The van der Waals surface area contributed by atoms with Gasteiger partial charge in [0, 0.05) is 17.9 Å². The van der Waals surface area contributed by atoms with Crippen LogP contribution in [-0.4, -0.2) is 33.5 Å². The minimum atomic E-state index is -0.988. The molecule has 5 nitrogen and oxygen atoms in total. The van der Waals surface area contributed by atoms with Crippen LogP contribution in [0.15, 0.2) is 24.3 Å². The Hall–Kier alpha value is -1.59. The predicted octanol–water partition coefficient (Wildman–Crippen LogP) is 1.74. The van der Waals surface area contributed by atoms with Gasteiger partial charge in [-0.3, -0.25) is 0 Å². The molecule has 0 aliphatic carbocycles. The number of para-hydroxylation sites is 1. The highest BCUT2D eigenvalue weighted by Crippen LogP contribution is 2.08. The fourth-order valence-corrected chi connectivity index (χ4v) is 0.692. The molecule has 0 saturated carbocycles. The number of benzene rings is 1. The highest BCUT2D eigenvalue weighted by molar-refractivity contribution is 5.93. The number of carboxylic acid groups (broad SMARTS) is 1. The lowest BCUT2D eigenvalue weighted by Crippen LogP contribution is -2.00. The summed E-state index contributed by atoms with van der Waals surface area (Å²) in [6.07, 6.45) is -0.333. The second kappa shape index (κ2) is 10.6. The fourth-order valence-electron chi connectivity index (χ4n) is 0.692. The minimum absolute atomic E-state index is 0.155. The van der Waals surface area contributed by atoms with E-state index < -0.39 is 5.97 Å². The number of carboxylic acids is 1. The number of nitrogen functional groups attached to an aromatic ring is 1. The van der Waals surface area contributed by atoms with Crippen LogP contribution in [0.3, 0.4) is 0 Å². The van der Waals surface area contributed by atoms with E-state index in [0.29, 0.717) is 5.69 Å².